The second kappa shape index (κ2) is 7.08. The van der Waals surface area contributed by atoms with Gasteiger partial charge in [0.2, 0.25) is 11.8 Å². The molecule has 0 aliphatic carbocycles. The minimum Gasteiger partial charge on any atom is -0.340 e. The van der Waals surface area contributed by atoms with Gasteiger partial charge < -0.3 is 10.2 Å². The standard InChI is InChI=1S/C16H24N2O2/c1-11(2)18(14(5)19)9-8-16(20)17-15-7-6-12(3)10-13(15)4/h6-7,10-11H,8-9H2,1-5H3,(H,17,20). The van der Waals surface area contributed by atoms with E-state index in [1.807, 2.05) is 45.9 Å². The third-order valence-corrected chi connectivity index (χ3v) is 3.26. The summed E-state index contributed by atoms with van der Waals surface area (Å²) < 4.78 is 0. The topological polar surface area (TPSA) is 49.4 Å². The number of hydrogen-bond donors (Lipinski definition) is 1. The fourth-order valence-corrected chi connectivity index (χ4v) is 2.17. The Morgan fingerprint density at radius 3 is 2.40 bits per heavy atom. The molecule has 1 N–H and O–H groups in total. The van der Waals surface area contributed by atoms with Gasteiger partial charge in [-0.1, -0.05) is 17.7 Å². The van der Waals surface area contributed by atoms with Gasteiger partial charge in [-0.25, -0.2) is 0 Å². The highest BCUT2D eigenvalue weighted by molar-refractivity contribution is 5.91. The zero-order valence-electron chi connectivity index (χ0n) is 13.0. The first-order valence-electron chi connectivity index (χ1n) is 6.95. The first-order valence-corrected chi connectivity index (χ1v) is 6.95. The van der Waals surface area contributed by atoms with E-state index in [4.69, 9.17) is 0 Å². The number of amides is 2. The summed E-state index contributed by atoms with van der Waals surface area (Å²) in [7, 11) is 0. The van der Waals surface area contributed by atoms with Crippen LogP contribution < -0.4 is 5.32 Å². The zero-order chi connectivity index (χ0) is 15.3. The highest BCUT2D eigenvalue weighted by atomic mass is 16.2. The molecule has 110 valence electrons. The van der Waals surface area contributed by atoms with E-state index < -0.39 is 0 Å². The van der Waals surface area contributed by atoms with Crippen LogP contribution in [0.15, 0.2) is 18.2 Å². The van der Waals surface area contributed by atoms with Gasteiger partial charge in [0.05, 0.1) is 0 Å². The molecule has 0 spiro atoms. The molecule has 0 heterocycles. The van der Waals surface area contributed by atoms with Crippen LogP contribution in [0.5, 0.6) is 0 Å². The predicted octanol–water partition coefficient (Wildman–Crippen LogP) is 2.89. The number of nitrogens with one attached hydrogen (secondary N) is 1. The highest BCUT2D eigenvalue weighted by Crippen LogP contribution is 2.16. The van der Waals surface area contributed by atoms with Crippen LogP contribution in [0.25, 0.3) is 0 Å². The molecule has 0 saturated heterocycles. The van der Waals surface area contributed by atoms with Gasteiger partial charge in [-0.05, 0) is 39.3 Å². The van der Waals surface area contributed by atoms with Crippen molar-refractivity contribution in [3.8, 4) is 0 Å². The molecule has 1 rings (SSSR count). The molecule has 0 bridgehead atoms. The van der Waals surface area contributed by atoms with Crippen molar-refractivity contribution >= 4 is 17.5 Å². The lowest BCUT2D eigenvalue weighted by molar-refractivity contribution is -0.130. The molecule has 2 amide bonds. The number of anilines is 1. The van der Waals surface area contributed by atoms with E-state index in [1.165, 1.54) is 12.5 Å². The summed E-state index contributed by atoms with van der Waals surface area (Å²) in [5, 5.41) is 2.89. The molecular weight excluding hydrogens is 252 g/mol. The number of hydrogen-bond acceptors (Lipinski definition) is 2. The van der Waals surface area contributed by atoms with Crippen LogP contribution in [0.3, 0.4) is 0 Å². The summed E-state index contributed by atoms with van der Waals surface area (Å²) in [6.45, 7) is 9.86. The average Bonchev–Trinajstić information content (AvgIpc) is 2.32. The maximum atomic E-state index is 12.0. The summed E-state index contributed by atoms with van der Waals surface area (Å²) in [5.74, 6) is -0.0665. The van der Waals surface area contributed by atoms with E-state index in [0.29, 0.717) is 13.0 Å². The molecule has 0 unspecified atom stereocenters. The van der Waals surface area contributed by atoms with Crippen molar-refractivity contribution in [2.24, 2.45) is 0 Å². The van der Waals surface area contributed by atoms with Crippen molar-refractivity contribution < 1.29 is 9.59 Å². The lowest BCUT2D eigenvalue weighted by Gasteiger charge is -2.25. The quantitative estimate of drug-likeness (QED) is 0.899. The van der Waals surface area contributed by atoms with E-state index in [2.05, 4.69) is 5.32 Å². The highest BCUT2D eigenvalue weighted by Gasteiger charge is 2.14. The molecule has 0 fully saturated rings. The first-order chi connectivity index (χ1) is 9.31. The Kier molecular flexibility index (Phi) is 5.74. The normalized spacial score (nSPS) is 10.5. The molecule has 0 radical (unpaired) electrons. The molecule has 0 saturated carbocycles. The summed E-state index contributed by atoms with van der Waals surface area (Å²) in [5.41, 5.74) is 3.05. The van der Waals surface area contributed by atoms with Crippen LogP contribution in [0.1, 0.15) is 38.3 Å². The molecule has 4 nitrogen and oxygen atoms in total. The van der Waals surface area contributed by atoms with Gasteiger partial charge >= 0.3 is 0 Å². The molecule has 0 aliphatic rings. The van der Waals surface area contributed by atoms with E-state index >= 15 is 0 Å². The van der Waals surface area contributed by atoms with E-state index in [1.54, 1.807) is 4.90 Å². The van der Waals surface area contributed by atoms with Gasteiger partial charge in [0, 0.05) is 31.6 Å². The number of rotatable bonds is 5. The number of benzene rings is 1. The lowest BCUT2D eigenvalue weighted by atomic mass is 10.1. The minimum atomic E-state index is -0.0659. The van der Waals surface area contributed by atoms with Crippen molar-refractivity contribution in [2.45, 2.75) is 47.1 Å². The van der Waals surface area contributed by atoms with Crippen molar-refractivity contribution in [3.05, 3.63) is 29.3 Å². The van der Waals surface area contributed by atoms with Crippen LogP contribution in [-0.2, 0) is 9.59 Å². The second-order valence-electron chi connectivity index (χ2n) is 5.42. The second-order valence-corrected chi connectivity index (χ2v) is 5.42. The fourth-order valence-electron chi connectivity index (χ4n) is 2.17. The Morgan fingerprint density at radius 2 is 1.90 bits per heavy atom. The fraction of sp³-hybridized carbons (Fsp3) is 0.500. The third kappa shape index (κ3) is 4.68. The number of carbonyl (C=O) groups excluding carboxylic acids is 2. The van der Waals surface area contributed by atoms with Crippen LogP contribution in [0.4, 0.5) is 5.69 Å². The molecule has 0 aromatic heterocycles. The Morgan fingerprint density at radius 1 is 1.25 bits per heavy atom. The molecule has 4 heteroatoms. The van der Waals surface area contributed by atoms with Crippen LogP contribution in [-0.4, -0.2) is 29.3 Å². The Labute approximate surface area is 121 Å². The maximum Gasteiger partial charge on any atom is 0.226 e. The molecule has 0 aliphatic heterocycles. The molecule has 1 aromatic rings. The van der Waals surface area contributed by atoms with Crippen molar-refractivity contribution in [1.82, 2.24) is 4.90 Å². The van der Waals surface area contributed by atoms with Crippen LogP contribution in [0, 0.1) is 13.8 Å². The summed E-state index contributed by atoms with van der Waals surface area (Å²) in [6.07, 6.45) is 0.311. The van der Waals surface area contributed by atoms with Gasteiger partial charge in [-0.15, -0.1) is 0 Å². The Balaban J connectivity index is 2.57. The van der Waals surface area contributed by atoms with E-state index in [9.17, 15) is 9.59 Å². The van der Waals surface area contributed by atoms with Gasteiger partial charge in [0.15, 0.2) is 0 Å². The van der Waals surface area contributed by atoms with Crippen LogP contribution >= 0.6 is 0 Å². The van der Waals surface area contributed by atoms with Crippen LogP contribution in [0.2, 0.25) is 0 Å². The minimum absolute atomic E-state index is 0.000633. The monoisotopic (exact) mass is 276 g/mol. The summed E-state index contributed by atoms with van der Waals surface area (Å²) >= 11 is 0. The Hall–Kier alpha value is -1.84. The Bertz CT molecular complexity index is 495. The maximum absolute atomic E-state index is 12.0. The predicted molar refractivity (Wildman–Crippen MR) is 81.7 cm³/mol. The van der Waals surface area contributed by atoms with Gasteiger partial charge in [0.1, 0.15) is 0 Å². The third-order valence-electron chi connectivity index (χ3n) is 3.26. The zero-order valence-corrected chi connectivity index (χ0v) is 13.0. The van der Waals surface area contributed by atoms with E-state index in [0.717, 1.165) is 11.3 Å². The van der Waals surface area contributed by atoms with Crippen molar-refractivity contribution in [3.63, 3.8) is 0 Å². The summed E-state index contributed by atoms with van der Waals surface area (Å²) in [6, 6.07) is 6.03. The van der Waals surface area contributed by atoms with E-state index in [-0.39, 0.29) is 17.9 Å². The smallest absolute Gasteiger partial charge is 0.226 e. The first kappa shape index (κ1) is 16.2. The summed E-state index contributed by atoms with van der Waals surface area (Å²) in [4.78, 5) is 25.1. The SMILES string of the molecule is CC(=O)N(CCC(=O)Nc1ccc(C)cc1C)C(C)C. The van der Waals surface area contributed by atoms with Crippen molar-refractivity contribution in [1.29, 1.82) is 0 Å². The average molecular weight is 276 g/mol. The molecule has 1 aromatic carbocycles. The molecule has 0 atom stereocenters. The number of aryl methyl sites for hydroxylation is 2. The number of carbonyl (C=O) groups is 2. The largest absolute Gasteiger partial charge is 0.340 e. The van der Waals surface area contributed by atoms with Gasteiger partial charge in [0.25, 0.3) is 0 Å². The van der Waals surface area contributed by atoms with Crippen molar-refractivity contribution in [2.75, 3.05) is 11.9 Å². The van der Waals surface area contributed by atoms with Gasteiger partial charge in [-0.2, -0.15) is 0 Å². The molecule has 20 heavy (non-hydrogen) atoms. The van der Waals surface area contributed by atoms with Gasteiger partial charge in [-0.3, -0.25) is 9.59 Å². The number of nitrogens with zero attached hydrogens (tertiary/aromatic N) is 1. The lowest BCUT2D eigenvalue weighted by Crippen LogP contribution is -2.37. The molecular formula is C16H24N2O2.